The predicted molar refractivity (Wildman–Crippen MR) is 90.1 cm³/mol. The van der Waals surface area contributed by atoms with Crippen molar-refractivity contribution in [3.05, 3.63) is 48.2 Å². The summed E-state index contributed by atoms with van der Waals surface area (Å²) in [5, 5.41) is 1.09. The highest BCUT2D eigenvalue weighted by Gasteiger charge is 2.21. The lowest BCUT2D eigenvalue weighted by Crippen LogP contribution is -2.35. The lowest BCUT2D eigenvalue weighted by atomic mass is 10.1. The van der Waals surface area contributed by atoms with Crippen LogP contribution < -0.4 is 0 Å². The molecule has 0 atom stereocenters. The Kier molecular flexibility index (Phi) is 4.59. The number of benzene rings is 1. The van der Waals surface area contributed by atoms with Crippen LogP contribution in [-0.2, 0) is 0 Å². The van der Waals surface area contributed by atoms with Crippen LogP contribution in [0.25, 0.3) is 10.9 Å². The summed E-state index contributed by atoms with van der Waals surface area (Å²) in [5.41, 5.74) is 1.73. The lowest BCUT2D eigenvalue weighted by molar-refractivity contribution is 0.0764. The molecule has 0 aliphatic carbocycles. The maximum absolute atomic E-state index is 12.9. The molecule has 0 radical (unpaired) electrons. The number of rotatable bonds is 3. The summed E-state index contributed by atoms with van der Waals surface area (Å²) in [4.78, 5) is 20.4. The van der Waals surface area contributed by atoms with Gasteiger partial charge >= 0.3 is 0 Å². The largest absolute Gasteiger partial charge is 0.361 e. The number of carbonyl (C=O) groups is 1. The average molecular weight is 297 g/mol. The summed E-state index contributed by atoms with van der Waals surface area (Å²) in [6.07, 6.45) is 7.18. The first-order chi connectivity index (χ1) is 10.8. The number of amides is 1. The number of hydrogen-bond donors (Lipinski definition) is 1. The molecule has 22 heavy (non-hydrogen) atoms. The van der Waals surface area contributed by atoms with Gasteiger partial charge in [-0.05, 0) is 25.5 Å². The molecule has 0 bridgehead atoms. The van der Waals surface area contributed by atoms with Crippen molar-refractivity contribution in [3.8, 4) is 0 Å². The highest BCUT2D eigenvalue weighted by atomic mass is 16.2. The van der Waals surface area contributed by atoms with E-state index in [1.54, 1.807) is 0 Å². The number of fused-ring (bicyclic) bond motifs is 1. The topological polar surface area (TPSA) is 39.3 Å². The van der Waals surface area contributed by atoms with Crippen molar-refractivity contribution in [2.75, 3.05) is 32.7 Å². The van der Waals surface area contributed by atoms with E-state index in [0.717, 1.165) is 55.6 Å². The molecule has 1 N–H and O–H groups in total. The van der Waals surface area contributed by atoms with E-state index in [0.29, 0.717) is 0 Å². The summed E-state index contributed by atoms with van der Waals surface area (Å²) in [6, 6.07) is 7.92. The summed E-state index contributed by atoms with van der Waals surface area (Å²) >= 11 is 0. The fourth-order valence-electron chi connectivity index (χ4n) is 3.04. The number of aromatic nitrogens is 1. The van der Waals surface area contributed by atoms with Crippen molar-refractivity contribution in [2.24, 2.45) is 0 Å². The van der Waals surface area contributed by atoms with E-state index in [9.17, 15) is 4.79 Å². The van der Waals surface area contributed by atoms with Gasteiger partial charge in [-0.2, -0.15) is 0 Å². The summed E-state index contributed by atoms with van der Waals surface area (Å²) < 4.78 is 0. The van der Waals surface area contributed by atoms with Crippen LogP contribution in [0.4, 0.5) is 0 Å². The minimum Gasteiger partial charge on any atom is -0.361 e. The Morgan fingerprint density at radius 1 is 1.23 bits per heavy atom. The molecule has 1 aliphatic heterocycles. The molecule has 3 rings (SSSR count). The van der Waals surface area contributed by atoms with E-state index in [2.05, 4.69) is 22.0 Å². The molecule has 0 saturated carbocycles. The monoisotopic (exact) mass is 297 g/mol. The van der Waals surface area contributed by atoms with Gasteiger partial charge in [0.25, 0.3) is 5.91 Å². The fraction of sp³-hybridized carbons (Fsp3) is 0.389. The zero-order valence-corrected chi connectivity index (χ0v) is 13.1. The van der Waals surface area contributed by atoms with Gasteiger partial charge in [0.2, 0.25) is 0 Å². The second-order valence-electron chi connectivity index (χ2n) is 5.76. The number of aromatic amines is 1. The number of H-pyrrole nitrogens is 1. The normalized spacial score (nSPS) is 17.2. The van der Waals surface area contributed by atoms with Crippen LogP contribution in [0.3, 0.4) is 0 Å². The zero-order valence-electron chi connectivity index (χ0n) is 13.1. The van der Waals surface area contributed by atoms with Crippen LogP contribution in [0.5, 0.6) is 0 Å². The smallest absolute Gasteiger partial charge is 0.256 e. The number of para-hydroxylation sites is 1. The molecule has 1 aromatic heterocycles. The Bertz CT molecular complexity index is 674. The SMILES string of the molecule is C/C=C/CN1CCCN(C(=O)c2cccc3cc[nH]c23)CC1. The van der Waals surface area contributed by atoms with Crippen molar-refractivity contribution in [1.82, 2.24) is 14.8 Å². The van der Waals surface area contributed by atoms with Crippen LogP contribution in [0.1, 0.15) is 23.7 Å². The Hall–Kier alpha value is -2.07. The van der Waals surface area contributed by atoms with E-state index in [-0.39, 0.29) is 5.91 Å². The molecule has 1 fully saturated rings. The fourth-order valence-corrected chi connectivity index (χ4v) is 3.04. The van der Waals surface area contributed by atoms with Gasteiger partial charge in [-0.3, -0.25) is 9.69 Å². The van der Waals surface area contributed by atoms with Crippen molar-refractivity contribution in [3.63, 3.8) is 0 Å². The first-order valence-electron chi connectivity index (χ1n) is 7.98. The molecule has 1 aromatic carbocycles. The average Bonchev–Trinajstić information content (AvgIpc) is 2.90. The van der Waals surface area contributed by atoms with Crippen LogP contribution in [0, 0.1) is 0 Å². The van der Waals surface area contributed by atoms with Gasteiger partial charge in [0.15, 0.2) is 0 Å². The summed E-state index contributed by atoms with van der Waals surface area (Å²) in [5.74, 6) is 0.140. The minimum atomic E-state index is 0.140. The van der Waals surface area contributed by atoms with Crippen LogP contribution in [-0.4, -0.2) is 53.4 Å². The first-order valence-corrected chi connectivity index (χ1v) is 7.98. The van der Waals surface area contributed by atoms with Gasteiger partial charge in [-0.1, -0.05) is 24.3 Å². The molecule has 1 amide bonds. The number of allylic oxidation sites excluding steroid dienone is 1. The second kappa shape index (κ2) is 6.79. The van der Waals surface area contributed by atoms with Gasteiger partial charge in [0, 0.05) is 44.3 Å². The van der Waals surface area contributed by atoms with Crippen LogP contribution in [0.15, 0.2) is 42.6 Å². The van der Waals surface area contributed by atoms with Crippen molar-refractivity contribution in [1.29, 1.82) is 0 Å². The van der Waals surface area contributed by atoms with E-state index in [4.69, 9.17) is 0 Å². The number of carbonyl (C=O) groups excluding carboxylic acids is 1. The molecule has 2 heterocycles. The van der Waals surface area contributed by atoms with Gasteiger partial charge in [0.1, 0.15) is 0 Å². The molecule has 0 unspecified atom stereocenters. The first kappa shape index (κ1) is 14.9. The summed E-state index contributed by atoms with van der Waals surface area (Å²) in [6.45, 7) is 6.66. The molecule has 116 valence electrons. The molecule has 1 aliphatic rings. The van der Waals surface area contributed by atoms with Gasteiger partial charge in [-0.15, -0.1) is 0 Å². The lowest BCUT2D eigenvalue weighted by Gasteiger charge is -2.21. The highest BCUT2D eigenvalue weighted by Crippen LogP contribution is 2.19. The molecule has 4 nitrogen and oxygen atoms in total. The molecular weight excluding hydrogens is 274 g/mol. The number of nitrogens with one attached hydrogen (secondary N) is 1. The Balaban J connectivity index is 1.74. The van der Waals surface area contributed by atoms with Gasteiger partial charge < -0.3 is 9.88 Å². The van der Waals surface area contributed by atoms with E-state index >= 15 is 0 Å². The van der Waals surface area contributed by atoms with E-state index in [1.165, 1.54) is 0 Å². The van der Waals surface area contributed by atoms with Crippen LogP contribution >= 0.6 is 0 Å². The third-order valence-corrected chi connectivity index (χ3v) is 4.29. The highest BCUT2D eigenvalue weighted by molar-refractivity contribution is 6.05. The third-order valence-electron chi connectivity index (χ3n) is 4.29. The van der Waals surface area contributed by atoms with Gasteiger partial charge in [0.05, 0.1) is 11.1 Å². The van der Waals surface area contributed by atoms with Crippen molar-refractivity contribution < 1.29 is 4.79 Å². The Labute approximate surface area is 131 Å². The minimum absolute atomic E-state index is 0.140. The Morgan fingerprint density at radius 3 is 3.00 bits per heavy atom. The number of hydrogen-bond acceptors (Lipinski definition) is 2. The van der Waals surface area contributed by atoms with Crippen molar-refractivity contribution in [2.45, 2.75) is 13.3 Å². The maximum Gasteiger partial charge on any atom is 0.256 e. The van der Waals surface area contributed by atoms with E-state index < -0.39 is 0 Å². The molecular formula is C18H23N3O. The third kappa shape index (κ3) is 3.07. The number of nitrogens with zero attached hydrogens (tertiary/aromatic N) is 2. The zero-order chi connectivity index (χ0) is 15.4. The Morgan fingerprint density at radius 2 is 2.14 bits per heavy atom. The maximum atomic E-state index is 12.9. The van der Waals surface area contributed by atoms with E-state index in [1.807, 2.05) is 42.3 Å². The predicted octanol–water partition coefficient (Wildman–Crippen LogP) is 2.89. The molecule has 4 heteroatoms. The van der Waals surface area contributed by atoms with Crippen LogP contribution in [0.2, 0.25) is 0 Å². The van der Waals surface area contributed by atoms with Gasteiger partial charge in [-0.25, -0.2) is 0 Å². The summed E-state index contributed by atoms with van der Waals surface area (Å²) in [7, 11) is 0. The molecule has 2 aromatic rings. The standard InChI is InChI=1S/C18H23N3O/c1-2-3-10-20-11-5-12-21(14-13-20)18(22)16-7-4-6-15-8-9-19-17(15)16/h2-4,6-9,19H,5,10-14H2,1H3/b3-2+. The second-order valence-corrected chi connectivity index (χ2v) is 5.76. The molecule has 0 spiro atoms. The van der Waals surface area contributed by atoms with Crippen molar-refractivity contribution >= 4 is 16.8 Å². The molecule has 1 saturated heterocycles. The quantitative estimate of drug-likeness (QED) is 0.885.